The van der Waals surface area contributed by atoms with Crippen LogP contribution in [0.5, 0.6) is 11.5 Å². The zero-order chi connectivity index (χ0) is 33.4. The van der Waals surface area contributed by atoms with E-state index in [0.29, 0.717) is 32.1 Å². The molecule has 1 aliphatic heterocycles. The van der Waals surface area contributed by atoms with Crippen LogP contribution >= 0.6 is 11.3 Å². The first-order valence-electron chi connectivity index (χ1n) is 15.4. The van der Waals surface area contributed by atoms with Crippen LogP contribution in [0.3, 0.4) is 0 Å². The molecule has 5 aromatic rings. The lowest BCUT2D eigenvalue weighted by atomic mass is 9.93. The molecule has 2 aromatic heterocycles. The second-order valence-electron chi connectivity index (χ2n) is 11.4. The third kappa shape index (κ3) is 5.61. The second kappa shape index (κ2) is 12.9. The van der Waals surface area contributed by atoms with Gasteiger partial charge in [0.1, 0.15) is 0 Å². The van der Waals surface area contributed by atoms with Crippen LogP contribution in [0.4, 0.5) is 0 Å². The summed E-state index contributed by atoms with van der Waals surface area (Å²) >= 11 is 1.30. The van der Waals surface area contributed by atoms with E-state index in [9.17, 15) is 9.59 Å². The SMILES string of the molecule is CCOC(=O)C1=C(c2ccccc2)N=c2s/c(=C\c3cc(C)n(-c4c(C)cccc4C)c3C)c(=O)n2[C@H]1c1ccc(OC)c(OC)c1. The van der Waals surface area contributed by atoms with Crippen molar-refractivity contribution in [3.8, 4) is 17.2 Å². The summed E-state index contributed by atoms with van der Waals surface area (Å²) in [6.45, 7) is 10.3. The number of hydrogen-bond acceptors (Lipinski definition) is 7. The number of aryl methyl sites for hydroxylation is 3. The summed E-state index contributed by atoms with van der Waals surface area (Å²) in [5, 5.41) is 0. The number of esters is 1. The largest absolute Gasteiger partial charge is 0.493 e. The molecule has 0 spiro atoms. The van der Waals surface area contributed by atoms with E-state index in [4.69, 9.17) is 19.2 Å². The molecule has 9 heteroatoms. The zero-order valence-electron chi connectivity index (χ0n) is 27.6. The first-order chi connectivity index (χ1) is 22.7. The number of benzene rings is 3. The Bertz CT molecular complexity index is 2200. The average Bonchev–Trinajstić information content (AvgIpc) is 3.53. The maximum Gasteiger partial charge on any atom is 0.338 e. The summed E-state index contributed by atoms with van der Waals surface area (Å²) in [6, 6.07) is 22.5. The normalized spacial score (nSPS) is 14.5. The van der Waals surface area contributed by atoms with Crippen LogP contribution in [0.1, 0.15) is 52.2 Å². The molecule has 0 radical (unpaired) electrons. The van der Waals surface area contributed by atoms with Crippen LogP contribution < -0.4 is 24.4 Å². The Morgan fingerprint density at radius 1 is 0.915 bits per heavy atom. The summed E-state index contributed by atoms with van der Waals surface area (Å²) < 4.78 is 21.1. The minimum absolute atomic E-state index is 0.170. The van der Waals surface area contributed by atoms with Crippen molar-refractivity contribution in [2.45, 2.75) is 40.7 Å². The number of aromatic nitrogens is 2. The Kier molecular flexibility index (Phi) is 8.75. The number of para-hydroxylation sites is 1. The van der Waals surface area contributed by atoms with E-state index in [1.54, 1.807) is 37.8 Å². The average molecular weight is 648 g/mol. The first-order valence-corrected chi connectivity index (χ1v) is 16.3. The van der Waals surface area contributed by atoms with Crippen molar-refractivity contribution in [1.82, 2.24) is 9.13 Å². The molecule has 3 aromatic carbocycles. The third-order valence-electron chi connectivity index (χ3n) is 8.52. The molecule has 8 nitrogen and oxygen atoms in total. The molecule has 1 atom stereocenters. The molecule has 240 valence electrons. The van der Waals surface area contributed by atoms with Gasteiger partial charge in [-0.3, -0.25) is 9.36 Å². The van der Waals surface area contributed by atoms with Crippen molar-refractivity contribution >= 4 is 29.1 Å². The Morgan fingerprint density at radius 3 is 2.28 bits per heavy atom. The van der Waals surface area contributed by atoms with Crippen LogP contribution in [0.2, 0.25) is 0 Å². The number of thiazole rings is 1. The minimum Gasteiger partial charge on any atom is -0.493 e. The van der Waals surface area contributed by atoms with Crippen molar-refractivity contribution in [2.75, 3.05) is 20.8 Å². The number of methoxy groups -OCH3 is 2. The van der Waals surface area contributed by atoms with Crippen molar-refractivity contribution in [3.05, 3.63) is 137 Å². The van der Waals surface area contributed by atoms with Crippen molar-refractivity contribution < 1.29 is 19.0 Å². The fourth-order valence-corrected chi connectivity index (χ4v) is 7.35. The number of nitrogens with zero attached hydrogens (tertiary/aromatic N) is 3. The molecule has 0 saturated heterocycles. The van der Waals surface area contributed by atoms with Crippen LogP contribution in [0.25, 0.3) is 17.5 Å². The molecular formula is C38H37N3O5S. The van der Waals surface area contributed by atoms with E-state index < -0.39 is 12.0 Å². The van der Waals surface area contributed by atoms with Crippen LogP contribution in [0, 0.1) is 27.7 Å². The molecule has 0 unspecified atom stereocenters. The third-order valence-corrected chi connectivity index (χ3v) is 9.50. The predicted molar refractivity (Wildman–Crippen MR) is 185 cm³/mol. The van der Waals surface area contributed by atoms with Gasteiger partial charge < -0.3 is 18.8 Å². The van der Waals surface area contributed by atoms with Crippen molar-refractivity contribution in [1.29, 1.82) is 0 Å². The molecule has 0 fully saturated rings. The van der Waals surface area contributed by atoms with E-state index in [1.807, 2.05) is 42.5 Å². The summed E-state index contributed by atoms with van der Waals surface area (Å²) in [5.74, 6) is 0.474. The highest BCUT2D eigenvalue weighted by atomic mass is 32.1. The first kappa shape index (κ1) is 31.8. The van der Waals surface area contributed by atoms with Gasteiger partial charge in [-0.25, -0.2) is 9.79 Å². The molecule has 0 amide bonds. The number of hydrogen-bond donors (Lipinski definition) is 0. The monoisotopic (exact) mass is 647 g/mol. The van der Waals surface area contributed by atoms with Crippen LogP contribution in [0.15, 0.2) is 88.2 Å². The smallest absolute Gasteiger partial charge is 0.338 e. The number of fused-ring (bicyclic) bond motifs is 1. The quantitative estimate of drug-likeness (QED) is 0.194. The lowest BCUT2D eigenvalue weighted by Gasteiger charge is -2.26. The highest BCUT2D eigenvalue weighted by molar-refractivity contribution is 7.07. The van der Waals surface area contributed by atoms with Gasteiger partial charge in [-0.15, -0.1) is 0 Å². The maximum atomic E-state index is 14.5. The fraction of sp³-hybridized carbons (Fsp3) is 0.237. The van der Waals surface area contributed by atoms with Gasteiger partial charge in [-0.05, 0) is 81.1 Å². The lowest BCUT2D eigenvalue weighted by Crippen LogP contribution is -2.40. The molecule has 0 bridgehead atoms. The van der Waals surface area contributed by atoms with Gasteiger partial charge in [0.15, 0.2) is 16.3 Å². The lowest BCUT2D eigenvalue weighted by molar-refractivity contribution is -0.138. The molecule has 0 saturated carbocycles. The molecule has 0 N–H and O–H groups in total. The highest BCUT2D eigenvalue weighted by Gasteiger charge is 2.35. The van der Waals surface area contributed by atoms with Gasteiger partial charge >= 0.3 is 5.97 Å². The Balaban J connectivity index is 1.63. The van der Waals surface area contributed by atoms with E-state index >= 15 is 0 Å². The minimum atomic E-state index is -0.829. The van der Waals surface area contributed by atoms with E-state index in [0.717, 1.165) is 28.2 Å². The maximum absolute atomic E-state index is 14.5. The van der Waals surface area contributed by atoms with Gasteiger partial charge in [0.05, 0.1) is 48.4 Å². The Hall–Kier alpha value is -5.15. The number of rotatable bonds is 8. The molecule has 6 rings (SSSR count). The number of carbonyl (C=O) groups excluding carboxylic acids is 1. The van der Waals surface area contributed by atoms with Gasteiger partial charge in [-0.1, -0.05) is 65.9 Å². The van der Waals surface area contributed by atoms with Gasteiger partial charge in [0.2, 0.25) is 0 Å². The number of carbonyl (C=O) groups is 1. The van der Waals surface area contributed by atoms with Crippen molar-refractivity contribution in [3.63, 3.8) is 0 Å². The standard InChI is InChI=1S/C38H37N3O5S/c1-8-46-37(43)32-33(26-15-10-9-11-16-26)39-38-41(35(32)27-17-18-29(44-6)30(20-27)45-7)36(42)31(47-38)21-28-19-24(4)40(25(28)5)34-22(2)13-12-14-23(34)3/h9-21,35H,8H2,1-7H3/b31-21-/t35-/m0/s1. The Labute approximate surface area is 277 Å². The molecule has 1 aliphatic rings. The molecule has 0 aliphatic carbocycles. The summed E-state index contributed by atoms with van der Waals surface area (Å²) in [4.78, 5) is 33.7. The second-order valence-corrected chi connectivity index (χ2v) is 12.5. The zero-order valence-corrected chi connectivity index (χ0v) is 28.4. The summed E-state index contributed by atoms with van der Waals surface area (Å²) in [6.07, 6.45) is 1.93. The van der Waals surface area contributed by atoms with Crippen molar-refractivity contribution in [2.24, 2.45) is 4.99 Å². The van der Waals surface area contributed by atoms with E-state index in [1.165, 1.54) is 22.5 Å². The van der Waals surface area contributed by atoms with Gasteiger partial charge in [0, 0.05) is 17.0 Å². The van der Waals surface area contributed by atoms with E-state index in [-0.39, 0.29) is 17.7 Å². The summed E-state index contributed by atoms with van der Waals surface area (Å²) in [5.41, 5.74) is 8.42. The van der Waals surface area contributed by atoms with Crippen LogP contribution in [-0.2, 0) is 9.53 Å². The summed E-state index contributed by atoms with van der Waals surface area (Å²) in [7, 11) is 3.12. The van der Waals surface area contributed by atoms with Crippen LogP contribution in [-0.4, -0.2) is 35.9 Å². The van der Waals surface area contributed by atoms with E-state index in [2.05, 4.69) is 56.5 Å². The molecular weight excluding hydrogens is 611 g/mol. The Morgan fingerprint density at radius 2 is 1.62 bits per heavy atom. The van der Waals surface area contributed by atoms with Gasteiger partial charge in [0.25, 0.3) is 5.56 Å². The topological polar surface area (TPSA) is 84.1 Å². The fourth-order valence-electron chi connectivity index (χ4n) is 6.36. The molecule has 3 heterocycles. The molecule has 47 heavy (non-hydrogen) atoms. The predicted octanol–water partition coefficient (Wildman–Crippen LogP) is 5.98. The number of ether oxygens (including phenoxy) is 3. The highest BCUT2D eigenvalue weighted by Crippen LogP contribution is 2.38. The van der Waals surface area contributed by atoms with Gasteiger partial charge in [-0.2, -0.15) is 0 Å².